The Bertz CT molecular complexity index is 252. The van der Waals surface area contributed by atoms with Crippen LogP contribution in [0.2, 0.25) is 0 Å². The van der Waals surface area contributed by atoms with Gasteiger partial charge in [0.2, 0.25) is 0 Å². The average Bonchev–Trinajstić information content (AvgIpc) is 2.20. The summed E-state index contributed by atoms with van der Waals surface area (Å²) in [5.41, 5.74) is 0. The van der Waals surface area contributed by atoms with Crippen molar-refractivity contribution in [2.24, 2.45) is 0 Å². The molecule has 0 fully saturated rings. The predicted octanol–water partition coefficient (Wildman–Crippen LogP) is 1.59. The van der Waals surface area contributed by atoms with E-state index < -0.39 is 12.1 Å². The van der Waals surface area contributed by atoms with Crippen molar-refractivity contribution < 1.29 is 19.4 Å². The Morgan fingerprint density at radius 1 is 1.40 bits per heavy atom. The number of carboxylic acid groups (broad SMARTS) is 1. The van der Waals surface area contributed by atoms with E-state index in [2.05, 4.69) is 5.92 Å². The van der Waals surface area contributed by atoms with E-state index in [1.807, 2.05) is 6.92 Å². The molecule has 1 atom stereocenters. The molecule has 0 spiro atoms. The number of esters is 1. The number of ether oxygens (including phenoxy) is 1. The van der Waals surface area contributed by atoms with E-state index in [9.17, 15) is 9.59 Å². The molecule has 84 valence electrons. The molecule has 0 aliphatic carbocycles. The molecule has 4 nitrogen and oxygen atoms in total. The molecule has 0 aromatic rings. The Morgan fingerprint density at radius 3 is 2.47 bits per heavy atom. The molecular formula is C11H16O4. The van der Waals surface area contributed by atoms with Crippen LogP contribution in [0.15, 0.2) is 0 Å². The normalized spacial score (nSPS) is 11.5. The number of hydrogen-bond acceptors (Lipinski definition) is 3. The zero-order valence-electron chi connectivity index (χ0n) is 8.86. The lowest BCUT2D eigenvalue weighted by Gasteiger charge is -2.09. The van der Waals surface area contributed by atoms with Crippen molar-refractivity contribution in [2.75, 3.05) is 0 Å². The van der Waals surface area contributed by atoms with Crippen LogP contribution in [0.3, 0.4) is 0 Å². The van der Waals surface area contributed by atoms with Crippen molar-refractivity contribution in [3.63, 3.8) is 0 Å². The van der Waals surface area contributed by atoms with Gasteiger partial charge in [-0.3, -0.25) is 9.59 Å². The van der Waals surface area contributed by atoms with Crippen molar-refractivity contribution in [1.29, 1.82) is 0 Å². The number of rotatable bonds is 7. The fourth-order valence-electron chi connectivity index (χ4n) is 0.998. The van der Waals surface area contributed by atoms with E-state index in [0.29, 0.717) is 19.3 Å². The molecule has 0 radical (unpaired) electrons. The summed E-state index contributed by atoms with van der Waals surface area (Å²) >= 11 is 0. The highest BCUT2D eigenvalue weighted by Gasteiger charge is 2.09. The van der Waals surface area contributed by atoms with Crippen molar-refractivity contribution in [3.05, 3.63) is 0 Å². The molecule has 0 amide bonds. The minimum atomic E-state index is -0.849. The first-order valence-electron chi connectivity index (χ1n) is 4.97. The molecule has 0 aliphatic heterocycles. The fourth-order valence-corrected chi connectivity index (χ4v) is 0.998. The van der Waals surface area contributed by atoms with Gasteiger partial charge >= 0.3 is 11.9 Å². The van der Waals surface area contributed by atoms with Crippen LogP contribution in [0.1, 0.15) is 39.0 Å². The summed E-state index contributed by atoms with van der Waals surface area (Å²) in [5, 5.41) is 8.36. The summed E-state index contributed by atoms with van der Waals surface area (Å²) in [5.74, 6) is 1.15. The Kier molecular flexibility index (Phi) is 7.08. The topological polar surface area (TPSA) is 63.6 Å². The third-order valence-corrected chi connectivity index (χ3v) is 1.85. The highest BCUT2D eigenvalue weighted by molar-refractivity contribution is 5.70. The minimum absolute atomic E-state index is 0.0830. The second kappa shape index (κ2) is 7.86. The monoisotopic (exact) mass is 212 g/mol. The molecule has 1 unspecified atom stereocenters. The molecule has 0 saturated carbocycles. The minimum Gasteiger partial charge on any atom is -0.481 e. The number of carbonyl (C=O) groups is 2. The number of terminal acetylenes is 1. The fraction of sp³-hybridized carbons (Fsp3) is 0.636. The largest absolute Gasteiger partial charge is 0.481 e. The summed E-state index contributed by atoms with van der Waals surface area (Å²) in [6.07, 6.45) is 6.57. The molecule has 0 saturated heterocycles. The van der Waals surface area contributed by atoms with E-state index in [0.717, 1.165) is 0 Å². The number of aliphatic carboxylic acids is 1. The second-order valence-electron chi connectivity index (χ2n) is 3.15. The lowest BCUT2D eigenvalue weighted by Crippen LogP contribution is -2.15. The number of unbranched alkanes of at least 4 members (excludes halogenated alkanes) is 1. The van der Waals surface area contributed by atoms with Gasteiger partial charge in [-0.05, 0) is 19.3 Å². The van der Waals surface area contributed by atoms with Crippen LogP contribution in [0, 0.1) is 12.3 Å². The molecule has 1 N–H and O–H groups in total. The van der Waals surface area contributed by atoms with Gasteiger partial charge in [-0.25, -0.2) is 0 Å². The van der Waals surface area contributed by atoms with Crippen molar-refractivity contribution in [3.8, 4) is 12.3 Å². The van der Waals surface area contributed by atoms with Crippen LogP contribution in [-0.2, 0) is 14.3 Å². The highest BCUT2D eigenvalue weighted by Crippen LogP contribution is 2.04. The average molecular weight is 212 g/mol. The number of carbonyl (C=O) groups excluding carboxylic acids is 1. The smallest absolute Gasteiger partial charge is 0.307 e. The molecule has 4 heteroatoms. The van der Waals surface area contributed by atoms with Crippen LogP contribution in [0.4, 0.5) is 0 Å². The van der Waals surface area contributed by atoms with Gasteiger partial charge in [-0.2, -0.15) is 0 Å². The van der Waals surface area contributed by atoms with Crippen LogP contribution in [0.25, 0.3) is 0 Å². The Balaban J connectivity index is 3.58. The van der Waals surface area contributed by atoms with Gasteiger partial charge < -0.3 is 9.84 Å². The van der Waals surface area contributed by atoms with Gasteiger partial charge in [-0.15, -0.1) is 6.42 Å². The second-order valence-corrected chi connectivity index (χ2v) is 3.15. The van der Waals surface area contributed by atoms with E-state index in [1.54, 1.807) is 0 Å². The molecule has 0 aromatic heterocycles. The highest BCUT2D eigenvalue weighted by atomic mass is 16.5. The molecule has 15 heavy (non-hydrogen) atoms. The standard InChI is InChI=1S/C11H16O4/c1-3-9(4-2)15-11(14)8-6-5-7-10(12)13/h1,9H,4-8H2,2H3,(H,12,13). The molecular weight excluding hydrogens is 196 g/mol. The van der Waals surface area contributed by atoms with Crippen LogP contribution in [-0.4, -0.2) is 23.1 Å². The summed E-state index contributed by atoms with van der Waals surface area (Å²) in [7, 11) is 0. The van der Waals surface area contributed by atoms with Gasteiger partial charge in [0.1, 0.15) is 0 Å². The van der Waals surface area contributed by atoms with Crippen LogP contribution in [0.5, 0.6) is 0 Å². The molecule has 0 heterocycles. The SMILES string of the molecule is C#CC(CC)OC(=O)CCCCC(=O)O. The molecule has 0 rings (SSSR count). The maximum absolute atomic E-state index is 11.2. The summed E-state index contributed by atoms with van der Waals surface area (Å²) in [6, 6.07) is 0. The van der Waals surface area contributed by atoms with Crippen LogP contribution >= 0.6 is 0 Å². The first-order chi connectivity index (χ1) is 7.10. The van der Waals surface area contributed by atoms with Gasteiger partial charge in [-0.1, -0.05) is 12.8 Å². The Morgan fingerprint density at radius 2 is 2.00 bits per heavy atom. The maximum atomic E-state index is 11.2. The lowest BCUT2D eigenvalue weighted by molar-refractivity contribution is -0.147. The van der Waals surface area contributed by atoms with Crippen molar-refractivity contribution >= 4 is 11.9 Å². The van der Waals surface area contributed by atoms with Crippen molar-refractivity contribution in [1.82, 2.24) is 0 Å². The van der Waals surface area contributed by atoms with E-state index in [-0.39, 0.29) is 18.8 Å². The maximum Gasteiger partial charge on any atom is 0.307 e. The van der Waals surface area contributed by atoms with Gasteiger partial charge in [0.25, 0.3) is 0 Å². The Hall–Kier alpha value is -1.50. The number of carboxylic acids is 1. The summed E-state index contributed by atoms with van der Waals surface area (Å²) < 4.78 is 4.93. The zero-order chi connectivity index (χ0) is 11.7. The zero-order valence-corrected chi connectivity index (χ0v) is 8.86. The Labute approximate surface area is 89.6 Å². The summed E-state index contributed by atoms with van der Waals surface area (Å²) in [4.78, 5) is 21.3. The van der Waals surface area contributed by atoms with E-state index in [1.165, 1.54) is 0 Å². The third-order valence-electron chi connectivity index (χ3n) is 1.85. The van der Waals surface area contributed by atoms with E-state index >= 15 is 0 Å². The molecule has 0 aromatic carbocycles. The quantitative estimate of drug-likeness (QED) is 0.395. The van der Waals surface area contributed by atoms with Gasteiger partial charge in [0, 0.05) is 12.8 Å². The molecule has 0 bridgehead atoms. The number of hydrogen-bond donors (Lipinski definition) is 1. The first-order valence-corrected chi connectivity index (χ1v) is 4.97. The van der Waals surface area contributed by atoms with Crippen molar-refractivity contribution in [2.45, 2.75) is 45.1 Å². The summed E-state index contributed by atoms with van der Waals surface area (Å²) in [6.45, 7) is 1.84. The first kappa shape index (κ1) is 13.5. The van der Waals surface area contributed by atoms with E-state index in [4.69, 9.17) is 16.3 Å². The molecule has 0 aliphatic rings. The lowest BCUT2D eigenvalue weighted by atomic mass is 10.2. The third kappa shape index (κ3) is 7.56. The predicted molar refractivity (Wildman–Crippen MR) is 55.1 cm³/mol. The van der Waals surface area contributed by atoms with Crippen LogP contribution < -0.4 is 0 Å². The van der Waals surface area contributed by atoms with Gasteiger partial charge in [0.05, 0.1) is 0 Å². The van der Waals surface area contributed by atoms with Gasteiger partial charge in [0.15, 0.2) is 6.10 Å².